The molecule has 0 bridgehead atoms. The number of carboxylic acids is 1. The van der Waals surface area contributed by atoms with E-state index < -0.39 is 173 Å². The molecular formula is C29H51NO24. The second kappa shape index (κ2) is 20.0. The highest BCUT2D eigenvalue weighted by Crippen LogP contribution is 2.36. The van der Waals surface area contributed by atoms with E-state index in [1.165, 1.54) is 0 Å². The van der Waals surface area contributed by atoms with Gasteiger partial charge in [0.15, 0.2) is 12.6 Å². The lowest BCUT2D eigenvalue weighted by Gasteiger charge is -2.48. The molecule has 0 aliphatic carbocycles. The molecule has 1 amide bonds. The van der Waals surface area contributed by atoms with Crippen LogP contribution in [0, 0.1) is 0 Å². The third kappa shape index (κ3) is 10.3. The summed E-state index contributed by atoms with van der Waals surface area (Å²) in [5.74, 6) is -5.75. The van der Waals surface area contributed by atoms with Gasteiger partial charge in [-0.3, -0.25) is 4.79 Å². The molecule has 3 aliphatic heterocycles. The van der Waals surface area contributed by atoms with Crippen LogP contribution < -0.4 is 5.32 Å². The standard InChI is InChI=1S/C29H51NO24/c1-8(35)30-15-9(36)2-29(28(47)48,54-24(15)17(41)11(38)4-32)49-7-14-19(43)25(53-26-21(45)20(44)18(42)13(6-34)50-26)22(46)27(51-14)52-23(12(39)5-33)16(40)10(37)3-31/h9-27,31-34,36-46H,2-7H2,1H3,(H,30,35)(H,47,48)/t9-,10-,11+,12+,13+,14+,15+,16+,17+,18-,19-,20-,21+,22+,23+,24+,25-,26-,27-,29+/m0/s1. The highest BCUT2D eigenvalue weighted by Gasteiger charge is 2.58. The summed E-state index contributed by atoms with van der Waals surface area (Å²) in [5.41, 5.74) is 0. The minimum absolute atomic E-state index is 0.780. The molecule has 0 aromatic heterocycles. The zero-order valence-corrected chi connectivity index (χ0v) is 28.6. The van der Waals surface area contributed by atoms with Crippen LogP contribution in [0.3, 0.4) is 0 Å². The molecule has 3 saturated heterocycles. The molecule has 0 aromatic carbocycles. The second-order valence-electron chi connectivity index (χ2n) is 13.1. The van der Waals surface area contributed by atoms with Gasteiger partial charge in [0.05, 0.1) is 45.2 Å². The first-order valence-corrected chi connectivity index (χ1v) is 16.6. The van der Waals surface area contributed by atoms with Crippen molar-refractivity contribution in [2.75, 3.05) is 33.0 Å². The largest absolute Gasteiger partial charge is 0.477 e. The maximum absolute atomic E-state index is 12.7. The summed E-state index contributed by atoms with van der Waals surface area (Å²) in [4.78, 5) is 24.5. The third-order valence-electron chi connectivity index (χ3n) is 9.22. The highest BCUT2D eigenvalue weighted by molar-refractivity contribution is 5.76. The Morgan fingerprint density at radius 2 is 1.37 bits per heavy atom. The van der Waals surface area contributed by atoms with Crippen molar-refractivity contribution in [2.45, 2.75) is 135 Å². The van der Waals surface area contributed by atoms with E-state index in [9.17, 15) is 91.3 Å². The van der Waals surface area contributed by atoms with Gasteiger partial charge in [-0.25, -0.2) is 4.79 Å². The van der Waals surface area contributed by atoms with Crippen molar-refractivity contribution in [1.29, 1.82) is 0 Å². The van der Waals surface area contributed by atoms with E-state index >= 15 is 0 Å². The Morgan fingerprint density at radius 3 is 1.91 bits per heavy atom. The molecule has 0 aromatic rings. The van der Waals surface area contributed by atoms with E-state index in [-0.39, 0.29) is 0 Å². The second-order valence-corrected chi connectivity index (χ2v) is 13.1. The van der Waals surface area contributed by atoms with Gasteiger partial charge in [0.1, 0.15) is 91.6 Å². The average Bonchev–Trinajstić information content (AvgIpc) is 3.14. The van der Waals surface area contributed by atoms with Crippen LogP contribution in [0.2, 0.25) is 0 Å². The molecule has 3 heterocycles. The number of aliphatic hydroxyl groups is 15. The van der Waals surface area contributed by atoms with Crippen molar-refractivity contribution in [1.82, 2.24) is 5.32 Å². The molecule has 0 radical (unpaired) electrons. The Balaban J connectivity index is 2.00. The quantitative estimate of drug-likeness (QED) is 0.0612. The Labute approximate surface area is 305 Å². The van der Waals surface area contributed by atoms with Gasteiger partial charge in [0.2, 0.25) is 5.91 Å². The van der Waals surface area contributed by atoms with Crippen LogP contribution in [0.25, 0.3) is 0 Å². The van der Waals surface area contributed by atoms with Gasteiger partial charge in [0.25, 0.3) is 5.79 Å². The Hall–Kier alpha value is -1.90. The molecule has 3 aliphatic rings. The van der Waals surface area contributed by atoms with Gasteiger partial charge in [-0.15, -0.1) is 0 Å². The van der Waals surface area contributed by atoms with Crippen molar-refractivity contribution >= 4 is 11.9 Å². The Morgan fingerprint density at radius 1 is 0.778 bits per heavy atom. The van der Waals surface area contributed by atoms with Gasteiger partial charge >= 0.3 is 5.97 Å². The summed E-state index contributed by atoms with van der Waals surface area (Å²) < 4.78 is 32.9. The molecule has 25 nitrogen and oxygen atoms in total. The van der Waals surface area contributed by atoms with Gasteiger partial charge in [-0.1, -0.05) is 0 Å². The van der Waals surface area contributed by atoms with Gasteiger partial charge in [-0.2, -0.15) is 0 Å². The van der Waals surface area contributed by atoms with E-state index in [0.29, 0.717) is 0 Å². The number of carboxylic acid groups (broad SMARTS) is 1. The van der Waals surface area contributed by atoms with Crippen LogP contribution in [0.4, 0.5) is 0 Å². The first-order valence-electron chi connectivity index (χ1n) is 16.6. The molecule has 0 saturated carbocycles. The van der Waals surface area contributed by atoms with Crippen molar-refractivity contribution in [2.24, 2.45) is 0 Å². The summed E-state index contributed by atoms with van der Waals surface area (Å²) in [6, 6.07) is -1.58. The Bertz CT molecular complexity index is 1190. The number of hydrogen-bond donors (Lipinski definition) is 17. The lowest BCUT2D eigenvalue weighted by atomic mass is 9.88. The lowest BCUT2D eigenvalue weighted by Crippen LogP contribution is -2.69. The molecular weight excluding hydrogens is 746 g/mol. The van der Waals surface area contributed by atoms with Gasteiger partial charge < -0.3 is 115 Å². The molecule has 17 N–H and O–H groups in total. The predicted octanol–water partition coefficient (Wildman–Crippen LogP) is -10.8. The number of aliphatic carboxylic acids is 1. The normalized spacial score (nSPS) is 40.9. The third-order valence-corrected chi connectivity index (χ3v) is 9.22. The van der Waals surface area contributed by atoms with Gasteiger partial charge in [0, 0.05) is 13.3 Å². The van der Waals surface area contributed by atoms with E-state index in [2.05, 4.69) is 5.32 Å². The average molecular weight is 798 g/mol. The maximum Gasteiger partial charge on any atom is 0.364 e. The van der Waals surface area contributed by atoms with Gasteiger partial charge in [-0.05, 0) is 0 Å². The number of carbonyl (C=O) groups is 2. The molecule has 20 atom stereocenters. The fourth-order valence-electron chi connectivity index (χ4n) is 6.13. The summed E-state index contributed by atoms with van der Waals surface area (Å²) >= 11 is 0. The van der Waals surface area contributed by atoms with E-state index in [1.807, 2.05) is 0 Å². The zero-order valence-electron chi connectivity index (χ0n) is 28.6. The number of ether oxygens (including phenoxy) is 6. The molecule has 0 unspecified atom stereocenters. The smallest absolute Gasteiger partial charge is 0.364 e. The fourth-order valence-corrected chi connectivity index (χ4v) is 6.13. The summed E-state index contributed by atoms with van der Waals surface area (Å²) in [6.07, 6.45) is -37.7. The van der Waals surface area contributed by atoms with Crippen molar-refractivity contribution < 1.29 is 120 Å². The van der Waals surface area contributed by atoms with Crippen LogP contribution in [-0.4, -0.2) is 249 Å². The minimum Gasteiger partial charge on any atom is -0.477 e. The maximum atomic E-state index is 12.7. The molecule has 25 heteroatoms. The van der Waals surface area contributed by atoms with Crippen LogP contribution in [0.5, 0.6) is 0 Å². The minimum atomic E-state index is -2.99. The molecule has 54 heavy (non-hydrogen) atoms. The molecule has 0 spiro atoms. The lowest BCUT2D eigenvalue weighted by molar-refractivity contribution is -0.376. The number of amides is 1. The molecule has 3 fully saturated rings. The summed E-state index contributed by atoms with van der Waals surface area (Å²) in [5, 5.41) is 166. The van der Waals surface area contributed by atoms with Crippen LogP contribution in [0.1, 0.15) is 13.3 Å². The van der Waals surface area contributed by atoms with E-state index in [1.54, 1.807) is 0 Å². The van der Waals surface area contributed by atoms with Crippen LogP contribution in [0.15, 0.2) is 0 Å². The van der Waals surface area contributed by atoms with E-state index in [0.717, 1.165) is 6.92 Å². The van der Waals surface area contributed by atoms with Crippen molar-refractivity contribution in [3.63, 3.8) is 0 Å². The first kappa shape index (κ1) is 46.5. The van der Waals surface area contributed by atoms with Crippen LogP contribution in [-0.2, 0) is 38.0 Å². The number of nitrogens with one attached hydrogen (secondary N) is 1. The summed E-state index contributed by atoms with van der Waals surface area (Å²) in [6.45, 7) is -4.37. The topological polar surface area (TPSA) is 425 Å². The molecule has 3 rings (SSSR count). The zero-order chi connectivity index (χ0) is 40.8. The fraction of sp³-hybridized carbons (Fsp3) is 0.931. The highest BCUT2D eigenvalue weighted by atomic mass is 16.8. The predicted molar refractivity (Wildman–Crippen MR) is 165 cm³/mol. The van der Waals surface area contributed by atoms with Crippen molar-refractivity contribution in [3.05, 3.63) is 0 Å². The number of carbonyl (C=O) groups excluding carboxylic acids is 1. The molecule has 316 valence electrons. The number of hydrogen-bond acceptors (Lipinski definition) is 23. The van der Waals surface area contributed by atoms with Crippen LogP contribution >= 0.6 is 0 Å². The number of aliphatic hydroxyl groups excluding tert-OH is 15. The first-order chi connectivity index (χ1) is 25.3. The number of rotatable bonds is 18. The van der Waals surface area contributed by atoms with E-state index in [4.69, 9.17) is 28.4 Å². The Kier molecular flexibility index (Phi) is 17.2. The summed E-state index contributed by atoms with van der Waals surface area (Å²) in [7, 11) is 0. The van der Waals surface area contributed by atoms with Crippen molar-refractivity contribution in [3.8, 4) is 0 Å². The monoisotopic (exact) mass is 797 g/mol. The SMILES string of the molecule is CC(=O)N[C@H]1[C@H]([C@H](O)[C@H](O)CO)O[C@@](OC[C@H]2O[C@@H](O[C@@H]([C@H](O)[C@@H](O)CO)[C@H](O)CO)[C@H](O)[C@@H](O[C@@H]3O[C@H](CO)[C@H](O)[C@H](O)[C@H]3O)[C@H]2O)(C(=O)O)C[C@@H]1O.